The Bertz CT molecular complexity index is 216. The lowest BCUT2D eigenvalue weighted by Crippen LogP contribution is -2.41. The first-order valence-corrected chi connectivity index (χ1v) is 5.44. The van der Waals surface area contributed by atoms with Crippen molar-refractivity contribution in [2.45, 2.75) is 64.4 Å². The van der Waals surface area contributed by atoms with Crippen LogP contribution in [0.2, 0.25) is 0 Å². The molecular weight excluding hydrogens is 164 g/mol. The van der Waals surface area contributed by atoms with Gasteiger partial charge in [0, 0.05) is 5.92 Å². The molecule has 0 saturated carbocycles. The van der Waals surface area contributed by atoms with Crippen LogP contribution in [0.1, 0.15) is 47.0 Å². The summed E-state index contributed by atoms with van der Waals surface area (Å²) in [7, 11) is 0. The Kier molecular flexibility index (Phi) is 1.97. The average molecular weight is 184 g/mol. The Morgan fingerprint density at radius 2 is 2.08 bits per heavy atom. The molecule has 0 amide bonds. The van der Waals surface area contributed by atoms with Crippen LogP contribution in [0.4, 0.5) is 0 Å². The standard InChI is InChI=1S/C11H20O2/c1-5-9-10(4)7-8(3)11(6-2,12-9)13-10/h8-9H,5-7H2,1-4H3. The summed E-state index contributed by atoms with van der Waals surface area (Å²) in [5.74, 6) is 0.292. The predicted molar refractivity (Wildman–Crippen MR) is 51.5 cm³/mol. The minimum absolute atomic E-state index is 0.00975. The van der Waals surface area contributed by atoms with E-state index >= 15 is 0 Å². The fourth-order valence-electron chi connectivity index (χ4n) is 3.02. The third-order valence-corrected chi connectivity index (χ3v) is 3.75. The lowest BCUT2D eigenvalue weighted by molar-refractivity contribution is -0.187. The van der Waals surface area contributed by atoms with Crippen molar-refractivity contribution in [2.24, 2.45) is 5.92 Å². The summed E-state index contributed by atoms with van der Waals surface area (Å²) in [6.07, 6.45) is 3.49. The summed E-state index contributed by atoms with van der Waals surface area (Å²) in [5, 5.41) is 0. The van der Waals surface area contributed by atoms with Gasteiger partial charge in [-0.05, 0) is 26.2 Å². The van der Waals surface area contributed by atoms with Gasteiger partial charge in [-0.1, -0.05) is 20.8 Å². The van der Waals surface area contributed by atoms with Crippen molar-refractivity contribution in [1.29, 1.82) is 0 Å². The van der Waals surface area contributed by atoms with E-state index < -0.39 is 0 Å². The van der Waals surface area contributed by atoms with Gasteiger partial charge in [-0.25, -0.2) is 0 Å². The number of fused-ring (bicyclic) bond motifs is 2. The molecule has 76 valence electrons. The van der Waals surface area contributed by atoms with E-state index in [1.807, 2.05) is 0 Å². The Morgan fingerprint density at radius 1 is 1.38 bits per heavy atom. The van der Waals surface area contributed by atoms with Crippen LogP contribution in [-0.2, 0) is 9.47 Å². The Labute approximate surface area is 80.6 Å². The van der Waals surface area contributed by atoms with Crippen LogP contribution in [0.5, 0.6) is 0 Å². The minimum Gasteiger partial charge on any atom is -0.343 e. The molecule has 0 aromatic rings. The number of rotatable bonds is 2. The highest BCUT2D eigenvalue weighted by Crippen LogP contribution is 2.54. The SMILES string of the molecule is CCC1OC2(CC)OC1(C)CC2C. The number of hydrogen-bond acceptors (Lipinski definition) is 2. The normalized spacial score (nSPS) is 54.5. The van der Waals surface area contributed by atoms with Crippen molar-refractivity contribution in [1.82, 2.24) is 0 Å². The van der Waals surface area contributed by atoms with Gasteiger partial charge < -0.3 is 9.47 Å². The zero-order chi connectivity index (χ0) is 9.69. The topological polar surface area (TPSA) is 18.5 Å². The molecule has 2 rings (SSSR count). The van der Waals surface area contributed by atoms with E-state index in [1.165, 1.54) is 0 Å². The Balaban J connectivity index is 2.25. The van der Waals surface area contributed by atoms with Crippen molar-refractivity contribution in [2.75, 3.05) is 0 Å². The Hall–Kier alpha value is -0.0800. The molecule has 0 radical (unpaired) electrons. The van der Waals surface area contributed by atoms with E-state index in [0.29, 0.717) is 12.0 Å². The van der Waals surface area contributed by atoms with Crippen molar-refractivity contribution < 1.29 is 9.47 Å². The molecule has 2 heteroatoms. The molecule has 13 heavy (non-hydrogen) atoms. The lowest BCUT2D eigenvalue weighted by atomic mass is 9.84. The van der Waals surface area contributed by atoms with E-state index in [4.69, 9.17) is 9.47 Å². The first-order chi connectivity index (χ1) is 6.06. The van der Waals surface area contributed by atoms with Gasteiger partial charge in [0.15, 0.2) is 5.79 Å². The Morgan fingerprint density at radius 3 is 2.54 bits per heavy atom. The van der Waals surface area contributed by atoms with Crippen LogP contribution in [-0.4, -0.2) is 17.5 Å². The highest BCUT2D eigenvalue weighted by Gasteiger charge is 2.62. The summed E-state index contributed by atoms with van der Waals surface area (Å²) >= 11 is 0. The second-order valence-electron chi connectivity index (χ2n) is 4.70. The zero-order valence-electron chi connectivity index (χ0n) is 9.09. The molecular formula is C11H20O2. The molecule has 0 aliphatic carbocycles. The summed E-state index contributed by atoms with van der Waals surface area (Å²) in [5.41, 5.74) is -0.00975. The third-order valence-electron chi connectivity index (χ3n) is 3.75. The number of ether oxygens (including phenoxy) is 2. The van der Waals surface area contributed by atoms with Gasteiger partial charge in [0.05, 0.1) is 11.7 Å². The van der Waals surface area contributed by atoms with E-state index in [1.54, 1.807) is 0 Å². The van der Waals surface area contributed by atoms with Gasteiger partial charge in [-0.3, -0.25) is 0 Å². The highest BCUT2D eigenvalue weighted by atomic mass is 16.8. The monoisotopic (exact) mass is 184 g/mol. The molecule has 2 saturated heterocycles. The van der Waals surface area contributed by atoms with Gasteiger partial charge in [-0.2, -0.15) is 0 Å². The molecule has 2 nitrogen and oxygen atoms in total. The van der Waals surface area contributed by atoms with E-state index in [9.17, 15) is 0 Å². The molecule has 0 aromatic heterocycles. The van der Waals surface area contributed by atoms with E-state index in [0.717, 1.165) is 19.3 Å². The van der Waals surface area contributed by atoms with Crippen LogP contribution in [0.25, 0.3) is 0 Å². The van der Waals surface area contributed by atoms with Gasteiger partial charge in [-0.15, -0.1) is 0 Å². The van der Waals surface area contributed by atoms with Crippen LogP contribution in [0, 0.1) is 5.92 Å². The molecule has 2 bridgehead atoms. The van der Waals surface area contributed by atoms with Gasteiger partial charge in [0.1, 0.15) is 0 Å². The minimum atomic E-state index is -0.255. The lowest BCUT2D eigenvalue weighted by Gasteiger charge is -2.33. The van der Waals surface area contributed by atoms with Crippen LogP contribution in [0.15, 0.2) is 0 Å². The fraction of sp³-hybridized carbons (Fsp3) is 1.00. The molecule has 0 aromatic carbocycles. The predicted octanol–water partition coefficient (Wildman–Crippen LogP) is 2.72. The molecule has 4 unspecified atom stereocenters. The zero-order valence-corrected chi connectivity index (χ0v) is 9.09. The summed E-state index contributed by atoms with van der Waals surface area (Å²) < 4.78 is 12.1. The molecule has 2 heterocycles. The molecule has 2 aliphatic heterocycles. The molecule has 0 spiro atoms. The van der Waals surface area contributed by atoms with Crippen molar-refractivity contribution in [3.05, 3.63) is 0 Å². The second kappa shape index (κ2) is 2.71. The largest absolute Gasteiger partial charge is 0.343 e. The van der Waals surface area contributed by atoms with Crippen molar-refractivity contribution in [3.8, 4) is 0 Å². The average Bonchev–Trinajstić information content (AvgIpc) is 2.51. The van der Waals surface area contributed by atoms with Crippen LogP contribution >= 0.6 is 0 Å². The van der Waals surface area contributed by atoms with Crippen molar-refractivity contribution in [3.63, 3.8) is 0 Å². The maximum Gasteiger partial charge on any atom is 0.172 e. The van der Waals surface area contributed by atoms with Crippen LogP contribution in [0.3, 0.4) is 0 Å². The smallest absolute Gasteiger partial charge is 0.172 e. The molecule has 2 aliphatic rings. The summed E-state index contributed by atoms with van der Waals surface area (Å²) in [6.45, 7) is 8.76. The van der Waals surface area contributed by atoms with E-state index in [2.05, 4.69) is 27.7 Å². The third kappa shape index (κ3) is 1.08. The number of hydrogen-bond donors (Lipinski definition) is 0. The van der Waals surface area contributed by atoms with Crippen molar-refractivity contribution >= 4 is 0 Å². The highest BCUT2D eigenvalue weighted by molar-refractivity contribution is 5.04. The maximum atomic E-state index is 6.09. The molecule has 4 atom stereocenters. The molecule has 0 N–H and O–H groups in total. The fourth-order valence-corrected chi connectivity index (χ4v) is 3.02. The van der Waals surface area contributed by atoms with E-state index in [-0.39, 0.29) is 11.4 Å². The first-order valence-electron chi connectivity index (χ1n) is 5.44. The van der Waals surface area contributed by atoms with Gasteiger partial charge in [0.2, 0.25) is 0 Å². The van der Waals surface area contributed by atoms with Crippen LogP contribution < -0.4 is 0 Å². The summed E-state index contributed by atoms with van der Waals surface area (Å²) in [6, 6.07) is 0. The summed E-state index contributed by atoms with van der Waals surface area (Å²) in [4.78, 5) is 0. The second-order valence-corrected chi connectivity index (χ2v) is 4.70. The quantitative estimate of drug-likeness (QED) is 0.657. The van der Waals surface area contributed by atoms with Gasteiger partial charge in [0.25, 0.3) is 0 Å². The first kappa shape index (κ1) is 9.47. The molecule has 2 fully saturated rings. The van der Waals surface area contributed by atoms with Gasteiger partial charge >= 0.3 is 0 Å². The maximum absolute atomic E-state index is 6.09.